The topological polar surface area (TPSA) is 54.0 Å². The number of carbonyl (C=O) groups is 1. The van der Waals surface area contributed by atoms with Crippen molar-refractivity contribution in [2.45, 2.75) is 52.6 Å². The highest BCUT2D eigenvalue weighted by Crippen LogP contribution is 2.10. The van der Waals surface area contributed by atoms with Crippen LogP contribution in [0.25, 0.3) is 0 Å². The van der Waals surface area contributed by atoms with E-state index in [1.54, 1.807) is 12.3 Å². The zero-order valence-electron chi connectivity index (χ0n) is 11.9. The van der Waals surface area contributed by atoms with Crippen LogP contribution in [0.5, 0.6) is 0 Å². The SMILES string of the molecule is CCC(C)(C)NC(=O)c1ccc(NC(C)C)nc1. The van der Waals surface area contributed by atoms with Gasteiger partial charge in [0, 0.05) is 17.8 Å². The highest BCUT2D eigenvalue weighted by Gasteiger charge is 2.18. The summed E-state index contributed by atoms with van der Waals surface area (Å²) in [5, 5.41) is 6.17. The van der Waals surface area contributed by atoms with Gasteiger partial charge in [-0.25, -0.2) is 4.98 Å². The molecule has 4 nitrogen and oxygen atoms in total. The van der Waals surface area contributed by atoms with Gasteiger partial charge in [-0.2, -0.15) is 0 Å². The second kappa shape index (κ2) is 5.85. The number of rotatable bonds is 5. The molecule has 4 heteroatoms. The largest absolute Gasteiger partial charge is 0.368 e. The lowest BCUT2D eigenvalue weighted by Crippen LogP contribution is -2.42. The first kappa shape index (κ1) is 14.5. The van der Waals surface area contributed by atoms with Gasteiger partial charge in [0.25, 0.3) is 5.91 Å². The second-order valence-electron chi connectivity index (χ2n) is 5.42. The lowest BCUT2D eigenvalue weighted by Gasteiger charge is -2.24. The molecule has 0 bridgehead atoms. The molecule has 1 aromatic heterocycles. The van der Waals surface area contributed by atoms with Gasteiger partial charge in [0.2, 0.25) is 0 Å². The summed E-state index contributed by atoms with van der Waals surface area (Å²) < 4.78 is 0. The maximum absolute atomic E-state index is 12.0. The summed E-state index contributed by atoms with van der Waals surface area (Å²) in [6.45, 7) is 10.2. The number of hydrogen-bond acceptors (Lipinski definition) is 3. The molecule has 0 fully saturated rings. The Morgan fingerprint density at radius 3 is 2.50 bits per heavy atom. The molecular formula is C14H23N3O. The van der Waals surface area contributed by atoms with Crippen molar-refractivity contribution in [1.82, 2.24) is 10.3 Å². The van der Waals surface area contributed by atoms with Gasteiger partial charge in [-0.1, -0.05) is 6.92 Å². The van der Waals surface area contributed by atoms with E-state index in [1.807, 2.05) is 40.7 Å². The summed E-state index contributed by atoms with van der Waals surface area (Å²) in [6, 6.07) is 3.95. The molecule has 0 atom stereocenters. The predicted octanol–water partition coefficient (Wildman–Crippen LogP) is 2.82. The Balaban J connectivity index is 2.70. The molecule has 0 radical (unpaired) electrons. The summed E-state index contributed by atoms with van der Waals surface area (Å²) in [5.41, 5.74) is 0.400. The zero-order valence-corrected chi connectivity index (χ0v) is 11.9. The Morgan fingerprint density at radius 1 is 1.39 bits per heavy atom. The van der Waals surface area contributed by atoms with E-state index in [2.05, 4.69) is 15.6 Å². The van der Waals surface area contributed by atoms with E-state index < -0.39 is 0 Å². The van der Waals surface area contributed by atoms with E-state index in [4.69, 9.17) is 0 Å². The fourth-order valence-electron chi connectivity index (χ4n) is 1.38. The molecule has 0 saturated carbocycles. The number of aromatic nitrogens is 1. The number of nitrogens with one attached hydrogen (secondary N) is 2. The van der Waals surface area contributed by atoms with Crippen molar-refractivity contribution in [3.8, 4) is 0 Å². The minimum absolute atomic E-state index is 0.0783. The highest BCUT2D eigenvalue weighted by atomic mass is 16.1. The third kappa shape index (κ3) is 4.35. The summed E-state index contributed by atoms with van der Waals surface area (Å²) in [5.74, 6) is 0.710. The van der Waals surface area contributed by atoms with Gasteiger partial charge in [0.15, 0.2) is 0 Å². The maximum Gasteiger partial charge on any atom is 0.253 e. The van der Waals surface area contributed by atoms with Crippen LogP contribution < -0.4 is 10.6 Å². The minimum atomic E-state index is -0.189. The first-order valence-corrected chi connectivity index (χ1v) is 6.39. The Bertz CT molecular complexity index is 396. The first-order valence-electron chi connectivity index (χ1n) is 6.39. The molecule has 2 N–H and O–H groups in total. The third-order valence-electron chi connectivity index (χ3n) is 2.80. The van der Waals surface area contributed by atoms with E-state index in [0.717, 1.165) is 12.2 Å². The van der Waals surface area contributed by atoms with Gasteiger partial charge in [0.05, 0.1) is 5.56 Å². The van der Waals surface area contributed by atoms with Crippen molar-refractivity contribution in [2.75, 3.05) is 5.32 Å². The summed E-state index contributed by atoms with van der Waals surface area (Å²) in [4.78, 5) is 16.2. The number of carbonyl (C=O) groups excluding carboxylic acids is 1. The van der Waals surface area contributed by atoms with Crippen molar-refractivity contribution in [1.29, 1.82) is 0 Å². The Morgan fingerprint density at radius 2 is 2.06 bits per heavy atom. The van der Waals surface area contributed by atoms with E-state index in [9.17, 15) is 4.79 Å². The van der Waals surface area contributed by atoms with Crippen LogP contribution in [-0.4, -0.2) is 22.5 Å². The minimum Gasteiger partial charge on any atom is -0.368 e. The molecule has 1 rings (SSSR count). The smallest absolute Gasteiger partial charge is 0.253 e. The van der Waals surface area contributed by atoms with E-state index in [1.165, 1.54) is 0 Å². The fourth-order valence-corrected chi connectivity index (χ4v) is 1.38. The molecule has 1 heterocycles. The molecule has 1 aromatic rings. The van der Waals surface area contributed by atoms with Crippen molar-refractivity contribution in [3.05, 3.63) is 23.9 Å². The standard InChI is InChI=1S/C14H23N3O/c1-6-14(4,5)17-13(18)11-7-8-12(15-9-11)16-10(2)3/h7-10H,6H2,1-5H3,(H,15,16)(H,17,18). The molecule has 0 spiro atoms. The quantitative estimate of drug-likeness (QED) is 0.843. The third-order valence-corrected chi connectivity index (χ3v) is 2.80. The summed E-state index contributed by atoms with van der Waals surface area (Å²) in [6.07, 6.45) is 2.49. The van der Waals surface area contributed by atoms with Gasteiger partial charge in [-0.3, -0.25) is 4.79 Å². The van der Waals surface area contributed by atoms with Gasteiger partial charge in [0.1, 0.15) is 5.82 Å². The van der Waals surface area contributed by atoms with E-state index in [0.29, 0.717) is 11.6 Å². The van der Waals surface area contributed by atoms with Crippen molar-refractivity contribution in [2.24, 2.45) is 0 Å². The van der Waals surface area contributed by atoms with E-state index in [-0.39, 0.29) is 11.4 Å². The monoisotopic (exact) mass is 249 g/mol. The van der Waals surface area contributed by atoms with Crippen LogP contribution in [0.15, 0.2) is 18.3 Å². The molecule has 0 aliphatic rings. The second-order valence-corrected chi connectivity index (χ2v) is 5.42. The highest BCUT2D eigenvalue weighted by molar-refractivity contribution is 5.94. The molecule has 0 saturated heterocycles. The number of amides is 1. The van der Waals surface area contributed by atoms with Crippen LogP contribution in [0.4, 0.5) is 5.82 Å². The number of hydrogen-bond donors (Lipinski definition) is 2. The molecule has 0 aromatic carbocycles. The average molecular weight is 249 g/mol. The van der Waals surface area contributed by atoms with Crippen LogP contribution in [0.1, 0.15) is 51.4 Å². The fraction of sp³-hybridized carbons (Fsp3) is 0.571. The maximum atomic E-state index is 12.0. The van der Waals surface area contributed by atoms with Gasteiger partial charge in [-0.05, 0) is 46.2 Å². The lowest BCUT2D eigenvalue weighted by molar-refractivity contribution is 0.0911. The Kier molecular flexibility index (Phi) is 4.70. The normalized spacial score (nSPS) is 11.4. The van der Waals surface area contributed by atoms with Crippen LogP contribution in [0, 0.1) is 0 Å². The molecule has 1 amide bonds. The molecule has 0 aliphatic heterocycles. The molecule has 0 aliphatic carbocycles. The van der Waals surface area contributed by atoms with Gasteiger partial charge >= 0.3 is 0 Å². The van der Waals surface area contributed by atoms with Crippen LogP contribution in [0.2, 0.25) is 0 Å². The van der Waals surface area contributed by atoms with Crippen molar-refractivity contribution < 1.29 is 4.79 Å². The number of pyridine rings is 1. The summed E-state index contributed by atoms with van der Waals surface area (Å²) in [7, 11) is 0. The predicted molar refractivity (Wildman–Crippen MR) is 74.8 cm³/mol. The van der Waals surface area contributed by atoms with E-state index >= 15 is 0 Å². The molecule has 0 unspecified atom stereocenters. The lowest BCUT2D eigenvalue weighted by atomic mass is 10.0. The Labute approximate surface area is 109 Å². The van der Waals surface area contributed by atoms with Crippen molar-refractivity contribution in [3.63, 3.8) is 0 Å². The van der Waals surface area contributed by atoms with Crippen LogP contribution >= 0.6 is 0 Å². The molecular weight excluding hydrogens is 226 g/mol. The van der Waals surface area contributed by atoms with Crippen molar-refractivity contribution >= 4 is 11.7 Å². The average Bonchev–Trinajstić information content (AvgIpc) is 2.28. The zero-order chi connectivity index (χ0) is 13.8. The molecule has 100 valence electrons. The van der Waals surface area contributed by atoms with Gasteiger partial charge < -0.3 is 10.6 Å². The summed E-state index contributed by atoms with van der Waals surface area (Å²) >= 11 is 0. The number of anilines is 1. The van der Waals surface area contributed by atoms with Crippen LogP contribution in [-0.2, 0) is 0 Å². The van der Waals surface area contributed by atoms with Crippen LogP contribution in [0.3, 0.4) is 0 Å². The van der Waals surface area contributed by atoms with Gasteiger partial charge in [-0.15, -0.1) is 0 Å². The first-order chi connectivity index (χ1) is 8.34. The molecule has 18 heavy (non-hydrogen) atoms. The number of nitrogens with zero attached hydrogens (tertiary/aromatic N) is 1. The Hall–Kier alpha value is -1.58.